The van der Waals surface area contributed by atoms with E-state index in [1.165, 1.54) is 103 Å². The van der Waals surface area contributed by atoms with Gasteiger partial charge in [-0.1, -0.05) is 90.4 Å². The molecule has 1 unspecified atom stereocenters. The fourth-order valence-electron chi connectivity index (χ4n) is 3.82. The number of rotatable bonds is 19. The van der Waals surface area contributed by atoms with Gasteiger partial charge in [-0.3, -0.25) is 0 Å². The summed E-state index contributed by atoms with van der Waals surface area (Å²) in [5.74, 6) is 0. The zero-order valence-electron chi connectivity index (χ0n) is 18.2. The Labute approximate surface area is 160 Å². The third kappa shape index (κ3) is 17.1. The van der Waals surface area contributed by atoms with Crippen LogP contribution < -0.4 is 0 Å². The molecular formula is C23H50NO+. The quantitative estimate of drug-likeness (QED) is 0.201. The van der Waals surface area contributed by atoms with Gasteiger partial charge in [-0.05, 0) is 19.3 Å². The predicted molar refractivity (Wildman–Crippen MR) is 113 cm³/mol. The molecule has 0 spiro atoms. The summed E-state index contributed by atoms with van der Waals surface area (Å²) in [6.45, 7) is 2.63. The normalized spacial score (nSPS) is 13.3. The van der Waals surface area contributed by atoms with Gasteiger partial charge in [0, 0.05) is 13.0 Å². The molecule has 0 saturated heterocycles. The third-order valence-corrected chi connectivity index (χ3v) is 5.68. The third-order valence-electron chi connectivity index (χ3n) is 5.68. The minimum absolute atomic E-state index is 0.343. The smallest absolute Gasteiger partial charge is 0.0884 e. The van der Waals surface area contributed by atoms with Crippen molar-refractivity contribution in [2.24, 2.45) is 0 Å². The van der Waals surface area contributed by atoms with Gasteiger partial charge >= 0.3 is 0 Å². The van der Waals surface area contributed by atoms with Gasteiger partial charge in [0.25, 0.3) is 0 Å². The van der Waals surface area contributed by atoms with Crippen LogP contribution in [0.3, 0.4) is 0 Å². The van der Waals surface area contributed by atoms with Crippen LogP contribution in [0.1, 0.15) is 116 Å². The van der Waals surface area contributed by atoms with E-state index < -0.39 is 0 Å². The van der Waals surface area contributed by atoms with Crippen LogP contribution in [0, 0.1) is 0 Å². The fourth-order valence-corrected chi connectivity index (χ4v) is 3.82. The Kier molecular flexibility index (Phi) is 17.3. The molecular weight excluding hydrogens is 306 g/mol. The lowest BCUT2D eigenvalue weighted by Crippen LogP contribution is -2.45. The molecule has 0 fully saturated rings. The van der Waals surface area contributed by atoms with Gasteiger partial charge in [0.2, 0.25) is 0 Å². The second kappa shape index (κ2) is 17.3. The molecule has 0 amide bonds. The van der Waals surface area contributed by atoms with Crippen LogP contribution in [-0.2, 0) is 0 Å². The zero-order chi connectivity index (χ0) is 18.8. The Bertz CT molecular complexity index is 259. The van der Waals surface area contributed by atoms with E-state index in [0.717, 1.165) is 10.9 Å². The summed E-state index contributed by atoms with van der Waals surface area (Å²) in [4.78, 5) is 0. The molecule has 2 heteroatoms. The van der Waals surface area contributed by atoms with Crippen molar-refractivity contribution in [1.82, 2.24) is 0 Å². The number of nitrogens with zero attached hydrogens (tertiary/aromatic N) is 1. The largest absolute Gasteiger partial charge is 0.396 e. The summed E-state index contributed by atoms with van der Waals surface area (Å²) in [5, 5.41) is 9.07. The Morgan fingerprint density at radius 1 is 0.560 bits per heavy atom. The van der Waals surface area contributed by atoms with Gasteiger partial charge in [0.15, 0.2) is 0 Å². The van der Waals surface area contributed by atoms with Gasteiger partial charge in [-0.25, -0.2) is 0 Å². The highest BCUT2D eigenvalue weighted by Gasteiger charge is 2.22. The van der Waals surface area contributed by atoms with Gasteiger partial charge in [0.1, 0.15) is 0 Å². The van der Waals surface area contributed by atoms with E-state index >= 15 is 0 Å². The van der Waals surface area contributed by atoms with E-state index in [1.54, 1.807) is 0 Å². The highest BCUT2D eigenvalue weighted by atomic mass is 16.2. The van der Waals surface area contributed by atoms with Crippen LogP contribution in [0.4, 0.5) is 0 Å². The molecule has 2 nitrogen and oxygen atoms in total. The molecule has 0 aromatic heterocycles. The Balaban J connectivity index is 3.37. The molecule has 0 bridgehead atoms. The molecule has 0 aliphatic carbocycles. The van der Waals surface area contributed by atoms with Crippen molar-refractivity contribution in [2.75, 3.05) is 27.7 Å². The van der Waals surface area contributed by atoms with Crippen molar-refractivity contribution in [1.29, 1.82) is 0 Å². The minimum Gasteiger partial charge on any atom is -0.396 e. The maximum atomic E-state index is 9.07. The Hall–Kier alpha value is -0.0800. The SMILES string of the molecule is CCCCCCCCCCCCCCCCC(CCCO)[N+](C)(C)C. The molecule has 1 N–H and O–H groups in total. The molecule has 0 aromatic carbocycles. The molecule has 152 valence electrons. The first-order valence-corrected chi connectivity index (χ1v) is 11.4. The summed E-state index contributed by atoms with van der Waals surface area (Å²) in [6.07, 6.45) is 23.5. The first kappa shape index (κ1) is 24.9. The van der Waals surface area contributed by atoms with Gasteiger partial charge in [0.05, 0.1) is 27.2 Å². The molecule has 0 aliphatic heterocycles. The van der Waals surface area contributed by atoms with Crippen LogP contribution in [-0.4, -0.2) is 43.4 Å². The number of unbranched alkanes of at least 4 members (excludes halogenated alkanes) is 13. The molecule has 0 rings (SSSR count). The lowest BCUT2D eigenvalue weighted by molar-refractivity contribution is -0.896. The molecule has 0 aliphatic rings. The maximum absolute atomic E-state index is 9.07. The van der Waals surface area contributed by atoms with Crippen molar-refractivity contribution < 1.29 is 9.59 Å². The Morgan fingerprint density at radius 3 is 1.28 bits per heavy atom. The molecule has 0 aromatic rings. The first-order chi connectivity index (χ1) is 12.0. The summed E-state index contributed by atoms with van der Waals surface area (Å²) in [7, 11) is 6.89. The topological polar surface area (TPSA) is 20.2 Å². The fraction of sp³-hybridized carbons (Fsp3) is 1.00. The number of aliphatic hydroxyl groups is 1. The van der Waals surface area contributed by atoms with Crippen LogP contribution in [0.2, 0.25) is 0 Å². The van der Waals surface area contributed by atoms with E-state index in [-0.39, 0.29) is 0 Å². The van der Waals surface area contributed by atoms with Crippen molar-refractivity contribution in [3.8, 4) is 0 Å². The van der Waals surface area contributed by atoms with Gasteiger partial charge < -0.3 is 9.59 Å². The number of hydrogen-bond acceptors (Lipinski definition) is 1. The van der Waals surface area contributed by atoms with Crippen molar-refractivity contribution >= 4 is 0 Å². The van der Waals surface area contributed by atoms with Gasteiger partial charge in [-0.2, -0.15) is 0 Å². The number of aliphatic hydroxyl groups excluding tert-OH is 1. The van der Waals surface area contributed by atoms with Crippen LogP contribution in [0.25, 0.3) is 0 Å². The molecule has 1 atom stereocenters. The van der Waals surface area contributed by atoms with Crippen LogP contribution in [0.15, 0.2) is 0 Å². The molecule has 25 heavy (non-hydrogen) atoms. The van der Waals surface area contributed by atoms with E-state index in [1.807, 2.05) is 0 Å². The average molecular weight is 357 g/mol. The predicted octanol–water partition coefficient (Wildman–Crippen LogP) is 6.71. The minimum atomic E-state index is 0.343. The van der Waals surface area contributed by atoms with Crippen molar-refractivity contribution in [3.05, 3.63) is 0 Å². The number of hydrogen-bond donors (Lipinski definition) is 1. The van der Waals surface area contributed by atoms with Crippen LogP contribution >= 0.6 is 0 Å². The standard InChI is InChI=1S/C23H50NO/c1-5-6-7-8-9-10-11-12-13-14-15-16-17-18-20-23(21-19-22-25)24(2,3)4/h23,25H,5-22H2,1-4H3/q+1. The molecule has 0 radical (unpaired) electrons. The van der Waals surface area contributed by atoms with E-state index in [4.69, 9.17) is 5.11 Å². The first-order valence-electron chi connectivity index (χ1n) is 11.4. The van der Waals surface area contributed by atoms with Crippen molar-refractivity contribution in [3.63, 3.8) is 0 Å². The highest BCUT2D eigenvalue weighted by molar-refractivity contribution is 4.59. The van der Waals surface area contributed by atoms with Gasteiger partial charge in [-0.15, -0.1) is 0 Å². The monoisotopic (exact) mass is 356 g/mol. The van der Waals surface area contributed by atoms with E-state index in [0.29, 0.717) is 12.6 Å². The number of quaternary nitrogens is 1. The maximum Gasteiger partial charge on any atom is 0.0884 e. The lowest BCUT2D eigenvalue weighted by Gasteiger charge is -2.34. The van der Waals surface area contributed by atoms with Crippen molar-refractivity contribution in [2.45, 2.75) is 122 Å². The molecule has 0 saturated carbocycles. The zero-order valence-corrected chi connectivity index (χ0v) is 18.2. The summed E-state index contributed by atoms with van der Waals surface area (Å²) in [5.41, 5.74) is 0. The van der Waals surface area contributed by atoms with E-state index in [9.17, 15) is 0 Å². The molecule has 0 heterocycles. The van der Waals surface area contributed by atoms with Crippen LogP contribution in [0.5, 0.6) is 0 Å². The van der Waals surface area contributed by atoms with E-state index in [2.05, 4.69) is 28.1 Å². The Morgan fingerprint density at radius 2 is 0.920 bits per heavy atom. The second-order valence-electron chi connectivity index (χ2n) is 9.02. The highest BCUT2D eigenvalue weighted by Crippen LogP contribution is 2.19. The average Bonchev–Trinajstić information content (AvgIpc) is 2.56. The summed E-state index contributed by atoms with van der Waals surface area (Å²) in [6, 6.07) is 0.712. The summed E-state index contributed by atoms with van der Waals surface area (Å²) < 4.78 is 1.04. The lowest BCUT2D eigenvalue weighted by atomic mass is 10.00. The second-order valence-corrected chi connectivity index (χ2v) is 9.02. The summed E-state index contributed by atoms with van der Waals surface area (Å²) >= 11 is 0.